The van der Waals surface area contributed by atoms with Crippen molar-refractivity contribution in [3.8, 4) is 17.0 Å². The molecule has 1 amide bonds. The van der Waals surface area contributed by atoms with E-state index in [-0.39, 0.29) is 17.2 Å². The fourth-order valence-electron chi connectivity index (χ4n) is 2.68. The molecule has 2 aromatic carbocycles. The van der Waals surface area contributed by atoms with E-state index in [1.54, 1.807) is 24.3 Å². The lowest BCUT2D eigenvalue weighted by atomic mass is 10.1. The van der Waals surface area contributed by atoms with Crippen LogP contribution in [0.2, 0.25) is 0 Å². The fraction of sp³-hybridized carbons (Fsp3) is 0.118. The van der Waals surface area contributed by atoms with E-state index >= 15 is 0 Å². The number of nitrogens with zero attached hydrogens (tertiary/aromatic N) is 1. The van der Waals surface area contributed by atoms with Crippen molar-refractivity contribution in [2.45, 2.75) is 0 Å². The van der Waals surface area contributed by atoms with Crippen molar-refractivity contribution in [1.29, 1.82) is 0 Å². The van der Waals surface area contributed by atoms with Gasteiger partial charge in [0.15, 0.2) is 0 Å². The molecule has 0 saturated carbocycles. The number of fused-ring (bicyclic) bond motifs is 2. The van der Waals surface area contributed by atoms with Crippen LogP contribution in [0.15, 0.2) is 47.3 Å². The van der Waals surface area contributed by atoms with Crippen molar-refractivity contribution >= 4 is 16.9 Å². The highest BCUT2D eigenvalue weighted by Crippen LogP contribution is 2.32. The van der Waals surface area contributed by atoms with Gasteiger partial charge in [-0.1, -0.05) is 18.2 Å². The van der Waals surface area contributed by atoms with Gasteiger partial charge in [-0.05, 0) is 24.3 Å². The zero-order valence-corrected chi connectivity index (χ0v) is 12.1. The third kappa shape index (κ3) is 2.24. The van der Waals surface area contributed by atoms with E-state index in [0.29, 0.717) is 41.1 Å². The summed E-state index contributed by atoms with van der Waals surface area (Å²) >= 11 is 0. The molecule has 2 N–H and O–H groups in total. The largest absolute Gasteiger partial charge is 0.490 e. The summed E-state index contributed by atoms with van der Waals surface area (Å²) in [6.45, 7) is 0.774. The number of hydrogen-bond donors (Lipinski definition) is 2. The Labute approximate surface area is 131 Å². The first-order chi connectivity index (χ1) is 11.2. The van der Waals surface area contributed by atoms with Crippen LogP contribution in [0.1, 0.15) is 10.4 Å². The van der Waals surface area contributed by atoms with Gasteiger partial charge in [0.2, 0.25) is 0 Å². The molecule has 0 fully saturated rings. The molecule has 23 heavy (non-hydrogen) atoms. The molecule has 1 aliphatic rings. The molecule has 0 spiro atoms. The second-order valence-electron chi connectivity index (χ2n) is 5.22. The zero-order valence-electron chi connectivity index (χ0n) is 12.1. The Morgan fingerprint density at radius 3 is 2.74 bits per heavy atom. The summed E-state index contributed by atoms with van der Waals surface area (Å²) in [4.78, 5) is 31.8. The smallest absolute Gasteiger partial charge is 0.275 e. The molecule has 0 aliphatic carbocycles. The molecular weight excluding hydrogens is 294 g/mol. The summed E-state index contributed by atoms with van der Waals surface area (Å²) in [5, 5.41) is 2.75. The van der Waals surface area contributed by atoms with Crippen molar-refractivity contribution in [2.75, 3.05) is 13.2 Å². The summed E-state index contributed by atoms with van der Waals surface area (Å²) in [5.74, 6) is 0.187. The van der Waals surface area contributed by atoms with Crippen molar-refractivity contribution in [2.24, 2.45) is 0 Å². The normalized spacial score (nSPS) is 13.8. The fourth-order valence-corrected chi connectivity index (χ4v) is 2.68. The summed E-state index contributed by atoms with van der Waals surface area (Å²) in [5.41, 5.74) is 2.21. The topological polar surface area (TPSA) is 84.1 Å². The average molecular weight is 307 g/mol. The maximum atomic E-state index is 12.4. The van der Waals surface area contributed by atoms with Crippen LogP contribution in [0.4, 0.5) is 0 Å². The van der Waals surface area contributed by atoms with Crippen molar-refractivity contribution in [3.63, 3.8) is 0 Å². The molecule has 4 rings (SSSR count). The third-order valence-corrected chi connectivity index (χ3v) is 3.75. The van der Waals surface area contributed by atoms with E-state index in [2.05, 4.69) is 15.3 Å². The van der Waals surface area contributed by atoms with Gasteiger partial charge >= 0.3 is 0 Å². The van der Waals surface area contributed by atoms with Gasteiger partial charge in [0.1, 0.15) is 18.1 Å². The quantitative estimate of drug-likeness (QED) is 0.717. The first-order valence-electron chi connectivity index (χ1n) is 7.27. The van der Waals surface area contributed by atoms with Crippen molar-refractivity contribution < 1.29 is 9.53 Å². The second-order valence-corrected chi connectivity index (χ2v) is 5.22. The Kier molecular flexibility index (Phi) is 3.08. The van der Waals surface area contributed by atoms with Crippen molar-refractivity contribution in [1.82, 2.24) is 15.3 Å². The van der Waals surface area contributed by atoms with Crippen LogP contribution >= 0.6 is 0 Å². The van der Waals surface area contributed by atoms with E-state index in [4.69, 9.17) is 4.74 Å². The van der Waals surface area contributed by atoms with Gasteiger partial charge in [0.25, 0.3) is 11.5 Å². The monoisotopic (exact) mass is 307 g/mol. The zero-order chi connectivity index (χ0) is 15.8. The molecule has 2 heterocycles. The Morgan fingerprint density at radius 2 is 1.83 bits per heavy atom. The highest BCUT2D eigenvalue weighted by molar-refractivity contribution is 5.99. The number of aromatic nitrogens is 2. The van der Waals surface area contributed by atoms with Crippen LogP contribution in [0.3, 0.4) is 0 Å². The second kappa shape index (κ2) is 5.24. The number of aromatic amines is 1. The summed E-state index contributed by atoms with van der Waals surface area (Å²) < 4.78 is 5.70. The minimum absolute atomic E-state index is 0.212. The van der Waals surface area contributed by atoms with Crippen LogP contribution in [-0.2, 0) is 0 Å². The third-order valence-electron chi connectivity index (χ3n) is 3.75. The molecule has 0 saturated heterocycles. The van der Waals surface area contributed by atoms with Gasteiger partial charge < -0.3 is 15.0 Å². The number of carbonyl (C=O) groups is 1. The molecule has 0 bridgehead atoms. The maximum absolute atomic E-state index is 12.4. The predicted molar refractivity (Wildman–Crippen MR) is 85.6 cm³/mol. The first kappa shape index (κ1) is 13.5. The molecule has 1 aromatic heterocycles. The van der Waals surface area contributed by atoms with Gasteiger partial charge in [-0.2, -0.15) is 0 Å². The average Bonchev–Trinajstić information content (AvgIpc) is 2.76. The van der Waals surface area contributed by atoms with Crippen LogP contribution in [-0.4, -0.2) is 29.0 Å². The minimum atomic E-state index is -0.314. The molecule has 0 unspecified atom stereocenters. The Bertz CT molecular complexity index is 978. The molecule has 0 radical (unpaired) electrons. The lowest BCUT2D eigenvalue weighted by molar-refractivity contribution is 0.0957. The predicted octanol–water partition coefficient (Wildman–Crippen LogP) is 1.71. The number of carbonyl (C=O) groups excluding carboxylic acids is 1. The molecule has 3 aromatic rings. The molecule has 1 aliphatic heterocycles. The lowest BCUT2D eigenvalue weighted by Crippen LogP contribution is -2.24. The molecule has 6 nitrogen and oxygen atoms in total. The number of amides is 1. The Balaban J connectivity index is 1.98. The Morgan fingerprint density at radius 1 is 1.00 bits per heavy atom. The SMILES string of the molecule is O=C1NCCOc2c1cccc2-c1nc2ccccc2[nH]c1=O. The van der Waals surface area contributed by atoms with Gasteiger partial charge in [0, 0.05) is 5.56 Å². The Hall–Kier alpha value is -3.15. The van der Waals surface area contributed by atoms with Gasteiger partial charge in [-0.25, -0.2) is 4.98 Å². The van der Waals surface area contributed by atoms with Crippen molar-refractivity contribution in [3.05, 3.63) is 58.4 Å². The standard InChI is InChI=1S/C17H13N3O3/c21-16-11-5-3-4-10(15(11)23-9-8-18-16)14-17(22)20-13-7-2-1-6-12(13)19-14/h1-7H,8-9H2,(H,18,21)(H,20,22). The molecule has 6 heteroatoms. The minimum Gasteiger partial charge on any atom is -0.490 e. The number of rotatable bonds is 1. The number of ether oxygens (including phenoxy) is 1. The number of para-hydroxylation sites is 3. The number of hydrogen-bond acceptors (Lipinski definition) is 4. The van der Waals surface area contributed by atoms with Crippen LogP contribution in [0, 0.1) is 0 Å². The number of H-pyrrole nitrogens is 1. The van der Waals surface area contributed by atoms with Crippen LogP contribution < -0.4 is 15.6 Å². The molecular formula is C17H13N3O3. The molecule has 114 valence electrons. The van der Waals surface area contributed by atoms with Crippen LogP contribution in [0.5, 0.6) is 5.75 Å². The van der Waals surface area contributed by atoms with Gasteiger partial charge in [0.05, 0.1) is 23.1 Å². The highest BCUT2D eigenvalue weighted by Gasteiger charge is 2.22. The number of nitrogens with one attached hydrogen (secondary N) is 2. The number of benzene rings is 2. The summed E-state index contributed by atoms with van der Waals surface area (Å²) in [7, 11) is 0. The van der Waals surface area contributed by atoms with Gasteiger partial charge in [-0.15, -0.1) is 0 Å². The van der Waals surface area contributed by atoms with Gasteiger partial charge in [-0.3, -0.25) is 9.59 Å². The first-order valence-corrected chi connectivity index (χ1v) is 7.27. The van der Waals surface area contributed by atoms with Crippen LogP contribution in [0.25, 0.3) is 22.3 Å². The summed E-state index contributed by atoms with van der Waals surface area (Å²) in [6, 6.07) is 12.4. The van der Waals surface area contributed by atoms with E-state index in [9.17, 15) is 9.59 Å². The maximum Gasteiger partial charge on any atom is 0.275 e. The lowest BCUT2D eigenvalue weighted by Gasteiger charge is -2.11. The van der Waals surface area contributed by atoms with E-state index in [1.807, 2.05) is 18.2 Å². The summed E-state index contributed by atoms with van der Waals surface area (Å²) in [6.07, 6.45) is 0. The van der Waals surface area contributed by atoms with E-state index in [1.165, 1.54) is 0 Å². The van der Waals surface area contributed by atoms with E-state index in [0.717, 1.165) is 0 Å². The van der Waals surface area contributed by atoms with E-state index < -0.39 is 0 Å². The molecule has 0 atom stereocenters. The highest BCUT2D eigenvalue weighted by atomic mass is 16.5.